The quantitative estimate of drug-likeness (QED) is 0.109. The Labute approximate surface area is 440 Å². The van der Waals surface area contributed by atoms with E-state index < -0.39 is 0 Å². The van der Waals surface area contributed by atoms with Crippen LogP contribution in [-0.2, 0) is 6.42 Å². The molecule has 368 valence electrons. The van der Waals surface area contributed by atoms with Crippen LogP contribution in [0.2, 0.25) is 0 Å². The summed E-state index contributed by atoms with van der Waals surface area (Å²) in [5.74, 6) is 1.41. The molecule has 0 fully saturated rings. The highest BCUT2D eigenvalue weighted by molar-refractivity contribution is 6.02. The highest BCUT2D eigenvalue weighted by atomic mass is 15.1. The lowest BCUT2D eigenvalue weighted by Gasteiger charge is -2.30. The predicted octanol–water partition coefficient (Wildman–Crippen LogP) is 20.3. The molecule has 0 saturated carbocycles. The summed E-state index contributed by atoms with van der Waals surface area (Å²) in [5.41, 5.74) is 24.4. The summed E-state index contributed by atoms with van der Waals surface area (Å²) in [6, 6.07) is 70.0. The number of aryl methyl sites for hydroxylation is 2. The lowest BCUT2D eigenvalue weighted by molar-refractivity contribution is 0.650. The van der Waals surface area contributed by atoms with Gasteiger partial charge in [-0.2, -0.15) is 0 Å². The number of fused-ring (bicyclic) bond motifs is 1. The summed E-state index contributed by atoms with van der Waals surface area (Å²) in [4.78, 5) is 13.0. The van der Waals surface area contributed by atoms with Crippen molar-refractivity contribution in [2.75, 3.05) is 4.90 Å². The van der Waals surface area contributed by atoms with Gasteiger partial charge in [-0.15, -0.1) is 0 Å². The number of anilines is 3. The Morgan fingerprint density at radius 1 is 0.378 bits per heavy atom. The van der Waals surface area contributed by atoms with Crippen LogP contribution >= 0.6 is 0 Å². The second kappa shape index (κ2) is 21.3. The van der Waals surface area contributed by atoms with Crippen molar-refractivity contribution in [2.45, 2.75) is 93.4 Å². The van der Waals surface area contributed by atoms with Crippen molar-refractivity contribution in [3.8, 4) is 67.0 Å². The minimum Gasteiger partial charge on any atom is -0.310 e. The lowest BCUT2D eigenvalue weighted by atomic mass is 9.84. The second-order valence-electron chi connectivity index (χ2n) is 21.6. The molecule has 3 heteroatoms. The Balaban J connectivity index is 1.33. The van der Waals surface area contributed by atoms with Gasteiger partial charge in [0.25, 0.3) is 0 Å². The smallest absolute Gasteiger partial charge is 0.0709 e. The fourth-order valence-corrected chi connectivity index (χ4v) is 11.0. The maximum atomic E-state index is 5.27. The molecule has 3 nitrogen and oxygen atoms in total. The van der Waals surface area contributed by atoms with E-state index in [1.54, 1.807) is 0 Å². The zero-order valence-electron chi connectivity index (χ0n) is 44.9. The molecular weight excluding hydrogens is 895 g/mol. The lowest BCUT2D eigenvalue weighted by Crippen LogP contribution is -2.12. The highest BCUT2D eigenvalue weighted by Crippen LogP contribution is 2.48. The van der Waals surface area contributed by atoms with E-state index in [1.165, 1.54) is 72.0 Å². The molecule has 2 aromatic heterocycles. The Bertz CT molecular complexity index is 3590. The van der Waals surface area contributed by atoms with Gasteiger partial charge in [-0.05, 0) is 182 Å². The summed E-state index contributed by atoms with van der Waals surface area (Å²) in [6.45, 7) is 22.8. The summed E-state index contributed by atoms with van der Waals surface area (Å²) in [6.07, 6.45) is 5.07. The molecule has 0 aliphatic rings. The molecule has 0 amide bonds. The maximum absolute atomic E-state index is 5.27. The first-order chi connectivity index (χ1) is 35.8. The molecule has 0 saturated heterocycles. The van der Waals surface area contributed by atoms with Gasteiger partial charge in [0.1, 0.15) is 0 Å². The van der Waals surface area contributed by atoms with Crippen molar-refractivity contribution in [3.05, 3.63) is 234 Å². The number of benzene rings is 8. The number of pyridine rings is 2. The number of nitrogens with zero attached hydrogens (tertiary/aromatic N) is 3. The van der Waals surface area contributed by atoms with Crippen molar-refractivity contribution in [1.82, 2.24) is 9.97 Å². The number of rotatable bonds is 14. The van der Waals surface area contributed by atoms with Gasteiger partial charge in [0.05, 0.1) is 17.1 Å². The van der Waals surface area contributed by atoms with E-state index in [-0.39, 0.29) is 0 Å². The summed E-state index contributed by atoms with van der Waals surface area (Å²) in [7, 11) is 0. The number of hydrogen-bond acceptors (Lipinski definition) is 3. The fourth-order valence-electron chi connectivity index (χ4n) is 11.0. The molecule has 74 heavy (non-hydrogen) atoms. The van der Waals surface area contributed by atoms with E-state index in [2.05, 4.69) is 262 Å². The van der Waals surface area contributed by atoms with Gasteiger partial charge in [0.2, 0.25) is 0 Å². The number of aromatic nitrogens is 2. The minimum absolute atomic E-state index is 0.301. The molecular formula is C71H69N3. The summed E-state index contributed by atoms with van der Waals surface area (Å²) < 4.78 is 0. The Kier molecular flexibility index (Phi) is 14.3. The predicted molar refractivity (Wildman–Crippen MR) is 317 cm³/mol. The zero-order valence-corrected chi connectivity index (χ0v) is 44.9. The zero-order chi connectivity index (χ0) is 51.6. The van der Waals surface area contributed by atoms with Gasteiger partial charge in [-0.25, -0.2) is 0 Å². The Morgan fingerprint density at radius 2 is 0.838 bits per heavy atom. The van der Waals surface area contributed by atoms with Crippen LogP contribution in [0.25, 0.3) is 77.8 Å². The molecule has 0 aliphatic carbocycles. The molecule has 0 unspecified atom stereocenters. The van der Waals surface area contributed by atoms with E-state index in [0.717, 1.165) is 62.7 Å². The Hall–Kier alpha value is -7.88. The van der Waals surface area contributed by atoms with Gasteiger partial charge in [0, 0.05) is 40.3 Å². The summed E-state index contributed by atoms with van der Waals surface area (Å²) >= 11 is 0. The largest absolute Gasteiger partial charge is 0.310 e. The topological polar surface area (TPSA) is 29.0 Å². The van der Waals surface area contributed by atoms with Gasteiger partial charge in [-0.3, -0.25) is 9.97 Å². The van der Waals surface area contributed by atoms with E-state index in [0.29, 0.717) is 23.7 Å². The van der Waals surface area contributed by atoms with E-state index in [9.17, 15) is 0 Å². The van der Waals surface area contributed by atoms with E-state index >= 15 is 0 Å². The fraction of sp³-hybridized carbons (Fsp3) is 0.211. The van der Waals surface area contributed by atoms with Crippen LogP contribution in [0, 0.1) is 19.8 Å². The molecule has 0 atom stereocenters. The minimum atomic E-state index is 0.301. The van der Waals surface area contributed by atoms with Crippen LogP contribution in [0.15, 0.2) is 200 Å². The first-order valence-electron chi connectivity index (χ1n) is 26.7. The first-order valence-corrected chi connectivity index (χ1v) is 26.7. The van der Waals surface area contributed by atoms with Gasteiger partial charge >= 0.3 is 0 Å². The molecule has 0 spiro atoms. The molecule has 0 aliphatic heterocycles. The van der Waals surface area contributed by atoms with Crippen molar-refractivity contribution >= 4 is 27.8 Å². The number of hydrogen-bond donors (Lipinski definition) is 0. The molecule has 0 radical (unpaired) electrons. The third-order valence-electron chi connectivity index (χ3n) is 14.7. The third-order valence-corrected chi connectivity index (χ3v) is 14.7. The van der Waals surface area contributed by atoms with Gasteiger partial charge < -0.3 is 4.90 Å². The molecule has 0 N–H and O–H groups in total. The van der Waals surface area contributed by atoms with Crippen LogP contribution in [0.4, 0.5) is 17.1 Å². The van der Waals surface area contributed by atoms with Crippen LogP contribution < -0.4 is 4.90 Å². The SMILES string of the molecule is Cc1cnc(-c2cc(-c3ccccc3C(C)C)cc(N(c3cc(-c4cc(-c5ccccc5)c(C)cn4)cc(-c4c(C(C)C)cccc4C(C)C)c3)c3ccc(CC(C)C)c4ccccc34)c2)cc1-c1ccccc1. The first kappa shape index (κ1) is 49.7. The summed E-state index contributed by atoms with van der Waals surface area (Å²) in [5, 5.41) is 2.48. The van der Waals surface area contributed by atoms with Crippen molar-refractivity contribution in [3.63, 3.8) is 0 Å². The van der Waals surface area contributed by atoms with Crippen LogP contribution in [0.3, 0.4) is 0 Å². The van der Waals surface area contributed by atoms with Crippen LogP contribution in [0.1, 0.15) is 107 Å². The molecule has 10 aromatic rings. The van der Waals surface area contributed by atoms with Gasteiger partial charge in [-0.1, -0.05) is 189 Å². The highest BCUT2D eigenvalue weighted by Gasteiger charge is 2.25. The van der Waals surface area contributed by atoms with Crippen molar-refractivity contribution < 1.29 is 0 Å². The molecule has 8 aromatic carbocycles. The normalized spacial score (nSPS) is 11.6. The van der Waals surface area contributed by atoms with Crippen LogP contribution in [0.5, 0.6) is 0 Å². The van der Waals surface area contributed by atoms with Crippen molar-refractivity contribution in [2.24, 2.45) is 5.92 Å². The maximum Gasteiger partial charge on any atom is 0.0709 e. The Morgan fingerprint density at radius 3 is 1.38 bits per heavy atom. The van der Waals surface area contributed by atoms with E-state index in [4.69, 9.17) is 9.97 Å². The third kappa shape index (κ3) is 10.1. The van der Waals surface area contributed by atoms with Crippen LogP contribution in [-0.4, -0.2) is 9.97 Å². The van der Waals surface area contributed by atoms with E-state index in [1.807, 2.05) is 12.4 Å². The average molecular weight is 964 g/mol. The molecule has 0 bridgehead atoms. The second-order valence-corrected chi connectivity index (χ2v) is 21.6. The molecule has 2 heterocycles. The average Bonchev–Trinajstić information content (AvgIpc) is 3.42. The van der Waals surface area contributed by atoms with Gasteiger partial charge in [0.15, 0.2) is 0 Å². The monoisotopic (exact) mass is 964 g/mol. The standard InChI is InChI=1S/C71H69N3/c1-45(2)34-53-32-33-70(65-29-20-19-27-63(53)65)74(58-37-54(64-28-18-17-26-60(64)46(3)4)35-55(38-58)68-41-66(49(9)43-72-68)51-22-13-11-14-23-51)59-39-56(69-42-67(50(10)44-73-69)52-24-15-12-16-25-52)36-57(40-59)71-61(47(5)6)30-21-31-62(71)48(7)8/h11-33,35-48H,34H2,1-10H3. The van der Waals surface area contributed by atoms with Crippen molar-refractivity contribution in [1.29, 1.82) is 0 Å². The molecule has 10 rings (SSSR count).